The van der Waals surface area contributed by atoms with Crippen LogP contribution in [-0.2, 0) is 4.74 Å². The van der Waals surface area contributed by atoms with Gasteiger partial charge in [0.15, 0.2) is 17.4 Å². The van der Waals surface area contributed by atoms with Crippen molar-refractivity contribution < 1.29 is 13.9 Å². The standard InChI is InChI=1S/C21H29FN4O2/c1-5-25-14-18-21(26(6-2)15-25)23-20(24(18)3)10-8-16-7-9-19(17(22)13-16)28-12-11-27-4/h7-10,13-14,20H,5-6,11-12,15H2,1-4H3/b10-8+. The number of halogens is 1. The smallest absolute Gasteiger partial charge is 0.165 e. The molecule has 0 amide bonds. The van der Waals surface area contributed by atoms with Crippen LogP contribution in [0.1, 0.15) is 19.4 Å². The maximum absolute atomic E-state index is 14.2. The molecule has 1 unspecified atom stereocenters. The van der Waals surface area contributed by atoms with Gasteiger partial charge in [0.1, 0.15) is 12.8 Å². The fraction of sp³-hybridized carbons (Fsp3) is 0.476. The Bertz CT molecular complexity index is 778. The Morgan fingerprint density at radius 2 is 2.07 bits per heavy atom. The molecular formula is C21H29FN4O2. The molecule has 2 aliphatic rings. The summed E-state index contributed by atoms with van der Waals surface area (Å²) in [5.74, 6) is 0.885. The van der Waals surface area contributed by atoms with Gasteiger partial charge in [0.05, 0.1) is 19.0 Å². The lowest BCUT2D eigenvalue weighted by Crippen LogP contribution is -2.45. The topological polar surface area (TPSA) is 40.5 Å². The lowest BCUT2D eigenvalue weighted by molar-refractivity contribution is 0.144. The van der Waals surface area contributed by atoms with Gasteiger partial charge >= 0.3 is 0 Å². The summed E-state index contributed by atoms with van der Waals surface area (Å²) in [7, 11) is 3.63. The molecule has 0 bridgehead atoms. The van der Waals surface area contributed by atoms with Crippen molar-refractivity contribution in [2.24, 2.45) is 4.99 Å². The van der Waals surface area contributed by atoms with Crippen molar-refractivity contribution in [1.82, 2.24) is 14.7 Å². The summed E-state index contributed by atoms with van der Waals surface area (Å²) >= 11 is 0. The van der Waals surface area contributed by atoms with Crippen LogP contribution >= 0.6 is 0 Å². The fourth-order valence-electron chi connectivity index (χ4n) is 3.25. The van der Waals surface area contributed by atoms with Crippen LogP contribution < -0.4 is 4.74 Å². The minimum atomic E-state index is -0.378. The van der Waals surface area contributed by atoms with E-state index < -0.39 is 0 Å². The van der Waals surface area contributed by atoms with Gasteiger partial charge in [-0.05, 0) is 37.6 Å². The maximum Gasteiger partial charge on any atom is 0.165 e. The minimum Gasteiger partial charge on any atom is -0.488 e. The van der Waals surface area contributed by atoms with Crippen LogP contribution in [0.4, 0.5) is 4.39 Å². The van der Waals surface area contributed by atoms with E-state index in [0.717, 1.165) is 36.9 Å². The minimum absolute atomic E-state index is 0.104. The van der Waals surface area contributed by atoms with E-state index in [4.69, 9.17) is 14.5 Å². The van der Waals surface area contributed by atoms with Crippen molar-refractivity contribution in [3.63, 3.8) is 0 Å². The maximum atomic E-state index is 14.2. The first kappa shape index (κ1) is 20.2. The molecule has 0 N–H and O–H groups in total. The third-order valence-corrected chi connectivity index (χ3v) is 4.97. The van der Waals surface area contributed by atoms with Gasteiger partial charge in [0.25, 0.3) is 0 Å². The van der Waals surface area contributed by atoms with Crippen molar-refractivity contribution in [2.45, 2.75) is 20.0 Å². The molecule has 1 atom stereocenters. The number of methoxy groups -OCH3 is 1. The van der Waals surface area contributed by atoms with Crippen LogP contribution in [0, 0.1) is 5.82 Å². The number of likely N-dealkylation sites (N-methyl/N-ethyl adjacent to an activating group) is 2. The summed E-state index contributed by atoms with van der Waals surface area (Å²) in [5, 5.41) is 0. The summed E-state index contributed by atoms with van der Waals surface area (Å²) in [5.41, 5.74) is 1.90. The predicted octanol–water partition coefficient (Wildman–Crippen LogP) is 2.99. The second-order valence-corrected chi connectivity index (χ2v) is 6.78. The van der Waals surface area contributed by atoms with Crippen LogP contribution in [0.15, 0.2) is 41.2 Å². The predicted molar refractivity (Wildman–Crippen MR) is 110 cm³/mol. The average molecular weight is 388 g/mol. The van der Waals surface area contributed by atoms with Crippen molar-refractivity contribution in [2.75, 3.05) is 47.1 Å². The molecule has 1 aromatic carbocycles. The molecule has 0 saturated heterocycles. The van der Waals surface area contributed by atoms with Crippen molar-refractivity contribution in [3.8, 4) is 5.75 Å². The largest absolute Gasteiger partial charge is 0.488 e. The second-order valence-electron chi connectivity index (χ2n) is 6.78. The molecule has 0 radical (unpaired) electrons. The van der Waals surface area contributed by atoms with E-state index in [1.54, 1.807) is 13.2 Å². The number of benzene rings is 1. The highest BCUT2D eigenvalue weighted by Crippen LogP contribution is 2.27. The number of ether oxygens (including phenoxy) is 2. The number of hydrogen-bond acceptors (Lipinski definition) is 6. The Morgan fingerprint density at radius 1 is 1.25 bits per heavy atom. The summed E-state index contributed by atoms with van der Waals surface area (Å²) < 4.78 is 24.5. The highest BCUT2D eigenvalue weighted by molar-refractivity contribution is 6.00. The van der Waals surface area contributed by atoms with Crippen molar-refractivity contribution in [3.05, 3.63) is 47.6 Å². The summed E-state index contributed by atoms with van der Waals surface area (Å²) in [6.07, 6.45) is 5.97. The number of nitrogens with zero attached hydrogens (tertiary/aromatic N) is 4. The summed E-state index contributed by atoms with van der Waals surface area (Å²) in [4.78, 5) is 11.6. The van der Waals surface area contributed by atoms with Gasteiger partial charge in [0, 0.05) is 33.4 Å². The van der Waals surface area contributed by atoms with Gasteiger partial charge in [-0.25, -0.2) is 9.38 Å². The van der Waals surface area contributed by atoms with E-state index in [9.17, 15) is 4.39 Å². The third-order valence-electron chi connectivity index (χ3n) is 4.97. The van der Waals surface area contributed by atoms with Crippen molar-refractivity contribution >= 4 is 11.9 Å². The van der Waals surface area contributed by atoms with Crippen molar-refractivity contribution in [1.29, 1.82) is 0 Å². The van der Waals surface area contributed by atoms with Gasteiger partial charge < -0.3 is 24.2 Å². The molecule has 3 rings (SSSR count). The number of hydrogen-bond donors (Lipinski definition) is 0. The molecule has 152 valence electrons. The Kier molecular flexibility index (Phi) is 6.57. The SMILES string of the molecule is CCN1C=C2C(=NC(/C=C/c3ccc(OCCOC)c(F)c3)N2C)N(CC)C1. The number of amidine groups is 1. The van der Waals surface area contributed by atoms with E-state index in [-0.39, 0.29) is 17.7 Å². The normalized spacial score (nSPS) is 19.2. The Labute approximate surface area is 166 Å². The average Bonchev–Trinajstić information content (AvgIpc) is 3.03. The zero-order valence-electron chi connectivity index (χ0n) is 17.1. The molecule has 0 saturated carbocycles. The first-order chi connectivity index (χ1) is 13.6. The lowest BCUT2D eigenvalue weighted by Gasteiger charge is -2.36. The number of rotatable bonds is 8. The molecule has 0 spiro atoms. The van der Waals surface area contributed by atoms with Crippen LogP contribution in [-0.4, -0.2) is 73.8 Å². The van der Waals surface area contributed by atoms with E-state index in [1.807, 2.05) is 25.3 Å². The molecule has 0 fully saturated rings. The molecule has 2 aliphatic heterocycles. The van der Waals surface area contributed by atoms with Gasteiger partial charge in [-0.15, -0.1) is 0 Å². The van der Waals surface area contributed by atoms with Crippen LogP contribution in [0.3, 0.4) is 0 Å². The Morgan fingerprint density at radius 3 is 2.75 bits per heavy atom. The van der Waals surface area contributed by atoms with Crippen LogP contribution in [0.5, 0.6) is 5.75 Å². The number of fused-ring (bicyclic) bond motifs is 1. The van der Waals surface area contributed by atoms with Gasteiger partial charge in [0.2, 0.25) is 0 Å². The van der Waals surface area contributed by atoms with E-state index in [1.165, 1.54) is 6.07 Å². The van der Waals surface area contributed by atoms with Gasteiger partial charge in [-0.3, -0.25) is 0 Å². The molecule has 28 heavy (non-hydrogen) atoms. The van der Waals surface area contributed by atoms with E-state index in [0.29, 0.717) is 13.2 Å². The molecule has 2 heterocycles. The highest BCUT2D eigenvalue weighted by Gasteiger charge is 2.33. The third kappa shape index (κ3) is 4.30. The van der Waals surface area contributed by atoms with E-state index >= 15 is 0 Å². The molecule has 1 aromatic rings. The first-order valence-corrected chi connectivity index (χ1v) is 9.68. The summed E-state index contributed by atoms with van der Waals surface area (Å²) in [6.45, 7) is 7.76. The van der Waals surface area contributed by atoms with Gasteiger partial charge in [-0.1, -0.05) is 12.1 Å². The zero-order valence-corrected chi connectivity index (χ0v) is 17.1. The van der Waals surface area contributed by atoms with Crippen LogP contribution in [0.2, 0.25) is 0 Å². The Balaban J connectivity index is 1.72. The van der Waals surface area contributed by atoms with Crippen LogP contribution in [0.25, 0.3) is 6.08 Å². The molecule has 0 aromatic heterocycles. The summed E-state index contributed by atoms with van der Waals surface area (Å²) in [6, 6.07) is 4.96. The molecule has 6 nitrogen and oxygen atoms in total. The lowest BCUT2D eigenvalue weighted by atomic mass is 10.2. The zero-order chi connectivity index (χ0) is 20.1. The number of aliphatic imine (C=N–C) groups is 1. The highest BCUT2D eigenvalue weighted by atomic mass is 19.1. The monoisotopic (exact) mass is 388 g/mol. The molecule has 7 heteroatoms. The quantitative estimate of drug-likeness (QED) is 0.641. The fourth-order valence-corrected chi connectivity index (χ4v) is 3.25. The first-order valence-electron chi connectivity index (χ1n) is 9.68. The Hall–Kier alpha value is -2.54. The molecular weight excluding hydrogens is 359 g/mol. The van der Waals surface area contributed by atoms with E-state index in [2.05, 4.69) is 34.7 Å². The van der Waals surface area contributed by atoms with Gasteiger partial charge in [-0.2, -0.15) is 0 Å². The second kappa shape index (κ2) is 9.10. The molecule has 0 aliphatic carbocycles.